The fourth-order valence-corrected chi connectivity index (χ4v) is 1.13. The van der Waals surface area contributed by atoms with Gasteiger partial charge >= 0.3 is 21.1 Å². The largest absolute Gasteiger partial charge is 4.00 e. The molecule has 21 heavy (non-hydrogen) atoms. The summed E-state index contributed by atoms with van der Waals surface area (Å²) in [5.74, 6) is -5.13. The number of carboxylic acid groups (broad SMARTS) is 2. The van der Waals surface area contributed by atoms with Gasteiger partial charge in [0.25, 0.3) is 0 Å². The van der Waals surface area contributed by atoms with Crippen molar-refractivity contribution in [3.8, 4) is 0 Å². The predicted octanol–water partition coefficient (Wildman–Crippen LogP) is -0.950. The summed E-state index contributed by atoms with van der Waals surface area (Å²) in [6, 6.07) is -0.160. The SMILES string of the molecule is CC(=O)C(=O)[O-].CC(=O)C(=O)[O-].[NH-]C1CCCCC1[NH-].[Pt+4]. The second-order valence-corrected chi connectivity index (χ2v) is 4.18. The topological polar surface area (TPSA) is 162 Å². The Kier molecular flexibility index (Phi) is 16.4. The van der Waals surface area contributed by atoms with E-state index in [9.17, 15) is 29.4 Å². The van der Waals surface area contributed by atoms with Crippen molar-refractivity contribution < 1.29 is 50.5 Å². The first-order valence-corrected chi connectivity index (χ1v) is 5.95. The van der Waals surface area contributed by atoms with Crippen LogP contribution in [0.3, 0.4) is 0 Å². The van der Waals surface area contributed by atoms with Gasteiger partial charge in [0.2, 0.25) is 0 Å². The van der Waals surface area contributed by atoms with Gasteiger partial charge in [-0.1, -0.05) is 25.7 Å². The van der Waals surface area contributed by atoms with Crippen molar-refractivity contribution in [2.24, 2.45) is 0 Å². The Morgan fingerprint density at radius 2 is 1.00 bits per heavy atom. The van der Waals surface area contributed by atoms with Gasteiger partial charge < -0.3 is 31.3 Å². The minimum Gasteiger partial charge on any atom is -0.676 e. The molecular weight excluding hydrogens is 463 g/mol. The van der Waals surface area contributed by atoms with Crippen LogP contribution in [0.4, 0.5) is 0 Å². The maximum absolute atomic E-state index is 9.48. The normalized spacial score (nSPS) is 19.4. The van der Waals surface area contributed by atoms with Crippen molar-refractivity contribution in [2.45, 2.75) is 51.6 Å². The summed E-state index contributed by atoms with van der Waals surface area (Å²) < 4.78 is 0. The van der Waals surface area contributed by atoms with Gasteiger partial charge in [0.05, 0.1) is 0 Å². The van der Waals surface area contributed by atoms with Crippen LogP contribution >= 0.6 is 0 Å². The van der Waals surface area contributed by atoms with Crippen LogP contribution in [-0.2, 0) is 40.2 Å². The van der Waals surface area contributed by atoms with Gasteiger partial charge in [-0.15, -0.1) is 0 Å². The molecule has 8 nitrogen and oxygen atoms in total. The Bertz CT molecular complexity index is 304. The second kappa shape index (κ2) is 13.9. The summed E-state index contributed by atoms with van der Waals surface area (Å²) in [6.45, 7) is 1.88. The molecule has 1 aliphatic rings. The molecule has 0 saturated heterocycles. The molecule has 0 aromatic rings. The first kappa shape index (κ1) is 24.9. The van der Waals surface area contributed by atoms with Crippen LogP contribution in [0.2, 0.25) is 0 Å². The molecule has 122 valence electrons. The van der Waals surface area contributed by atoms with Crippen LogP contribution in [0.15, 0.2) is 0 Å². The van der Waals surface area contributed by atoms with Gasteiger partial charge in [-0.2, -0.15) is 12.1 Å². The zero-order valence-electron chi connectivity index (χ0n) is 11.7. The number of carbonyl (C=O) groups is 4. The van der Waals surface area contributed by atoms with Crippen LogP contribution in [0.25, 0.3) is 11.5 Å². The monoisotopic (exact) mass is 481 g/mol. The van der Waals surface area contributed by atoms with Gasteiger partial charge in [0.1, 0.15) is 11.9 Å². The Morgan fingerprint density at radius 1 is 0.810 bits per heavy atom. The van der Waals surface area contributed by atoms with Gasteiger partial charge in [0.15, 0.2) is 11.6 Å². The Hall–Kier alpha value is -1.11. The summed E-state index contributed by atoms with van der Waals surface area (Å²) in [4.78, 5) is 37.4. The zero-order chi connectivity index (χ0) is 16.3. The molecule has 0 radical (unpaired) electrons. The van der Waals surface area contributed by atoms with E-state index in [1.54, 1.807) is 0 Å². The van der Waals surface area contributed by atoms with Crippen molar-refractivity contribution in [1.82, 2.24) is 0 Å². The molecule has 0 aromatic heterocycles. The van der Waals surface area contributed by atoms with E-state index in [-0.39, 0.29) is 33.1 Å². The second-order valence-electron chi connectivity index (χ2n) is 4.18. The van der Waals surface area contributed by atoms with Crippen molar-refractivity contribution in [1.29, 1.82) is 0 Å². The van der Waals surface area contributed by atoms with E-state index in [0.717, 1.165) is 26.7 Å². The van der Waals surface area contributed by atoms with Crippen molar-refractivity contribution >= 4 is 23.5 Å². The fraction of sp³-hybridized carbons (Fsp3) is 0.667. The van der Waals surface area contributed by atoms with E-state index in [1.807, 2.05) is 0 Å². The summed E-state index contributed by atoms with van der Waals surface area (Å²) in [5, 5.41) is 18.5. The number of rotatable bonds is 2. The standard InChI is InChI=1S/C6H12N2.2C3H4O3.Pt/c7-5-3-1-2-4-6(5)8;2*1-2(4)3(5)6;/h5-8H,1-4H2;2*1H3,(H,5,6);/q-2;;;+4/p-2. The minimum absolute atomic E-state index is 0. The smallest absolute Gasteiger partial charge is 0.676 e. The van der Waals surface area contributed by atoms with Crippen LogP contribution in [0.1, 0.15) is 39.5 Å². The van der Waals surface area contributed by atoms with E-state index in [4.69, 9.17) is 11.5 Å². The summed E-state index contributed by atoms with van der Waals surface area (Å²) in [5.41, 5.74) is 14.6. The van der Waals surface area contributed by atoms with E-state index in [0.29, 0.717) is 0 Å². The molecule has 0 amide bonds. The number of carbonyl (C=O) groups excluding carboxylic acids is 4. The van der Waals surface area contributed by atoms with Gasteiger partial charge in [0, 0.05) is 13.8 Å². The number of hydrogen-bond acceptors (Lipinski definition) is 6. The summed E-state index contributed by atoms with van der Waals surface area (Å²) in [7, 11) is 0. The number of aliphatic carboxylic acids is 2. The predicted molar refractivity (Wildman–Crippen MR) is 66.1 cm³/mol. The van der Waals surface area contributed by atoms with Gasteiger partial charge in [-0.05, 0) is 0 Å². The molecule has 1 saturated carbocycles. The van der Waals surface area contributed by atoms with Gasteiger partial charge in [-0.3, -0.25) is 9.59 Å². The fourth-order valence-electron chi connectivity index (χ4n) is 1.13. The minimum atomic E-state index is -1.63. The molecule has 0 heterocycles. The van der Waals surface area contributed by atoms with Crippen molar-refractivity contribution in [3.05, 3.63) is 11.5 Å². The molecule has 0 aromatic carbocycles. The molecule has 2 unspecified atom stereocenters. The molecule has 1 rings (SSSR count). The number of nitrogens with one attached hydrogen (secondary N) is 2. The first-order chi connectivity index (χ1) is 9.09. The third kappa shape index (κ3) is 16.8. The quantitative estimate of drug-likeness (QED) is 0.462. The Morgan fingerprint density at radius 3 is 1.10 bits per heavy atom. The van der Waals surface area contributed by atoms with Crippen LogP contribution < -0.4 is 10.2 Å². The molecule has 0 spiro atoms. The van der Waals surface area contributed by atoms with E-state index in [2.05, 4.69) is 0 Å². The summed E-state index contributed by atoms with van der Waals surface area (Å²) in [6.07, 6.45) is 4.25. The molecule has 9 heteroatoms. The Labute approximate surface area is 137 Å². The average Bonchev–Trinajstić information content (AvgIpc) is 2.34. The molecule has 1 aliphatic carbocycles. The summed E-state index contributed by atoms with van der Waals surface area (Å²) >= 11 is 0. The average molecular weight is 481 g/mol. The molecule has 2 N–H and O–H groups in total. The van der Waals surface area contributed by atoms with Gasteiger partial charge in [-0.25, -0.2) is 0 Å². The van der Waals surface area contributed by atoms with Crippen molar-refractivity contribution in [3.63, 3.8) is 0 Å². The third-order valence-corrected chi connectivity index (χ3v) is 2.34. The molecule has 0 aliphatic heterocycles. The molecule has 2 atom stereocenters. The molecule has 0 bridgehead atoms. The van der Waals surface area contributed by atoms with Crippen LogP contribution in [-0.4, -0.2) is 35.6 Å². The first-order valence-electron chi connectivity index (χ1n) is 5.95. The number of Topliss-reactive ketones (excluding diaryl/α,β-unsaturated/α-hetero) is 2. The van der Waals surface area contributed by atoms with Crippen molar-refractivity contribution in [2.75, 3.05) is 0 Å². The Balaban J connectivity index is -0.000000231. The van der Waals surface area contributed by atoms with E-state index in [1.165, 1.54) is 12.8 Å². The van der Waals surface area contributed by atoms with Crippen LogP contribution in [0.5, 0.6) is 0 Å². The number of carboxylic acids is 2. The number of hydrogen-bond donors (Lipinski definition) is 0. The number of ketones is 2. The van der Waals surface area contributed by atoms with Crippen LogP contribution in [0, 0.1) is 0 Å². The molecule has 1 fully saturated rings. The maximum Gasteiger partial charge on any atom is 4.00 e. The molecular formula is C12H18N2O6Pt. The van der Waals surface area contributed by atoms with E-state index < -0.39 is 23.5 Å². The third-order valence-electron chi connectivity index (χ3n) is 2.34. The zero-order valence-corrected chi connectivity index (χ0v) is 14.0. The maximum atomic E-state index is 9.48. The van der Waals surface area contributed by atoms with E-state index >= 15 is 0 Å².